The van der Waals surface area contributed by atoms with Crippen LogP contribution in [0.5, 0.6) is 0 Å². The lowest BCUT2D eigenvalue weighted by Crippen LogP contribution is -2.46. The Labute approximate surface area is 92.7 Å². The summed E-state index contributed by atoms with van der Waals surface area (Å²) in [7, 11) is -0.863. The number of hydrogen-bond donors (Lipinski definition) is 2. The fourth-order valence-corrected chi connectivity index (χ4v) is 4.11. The molecule has 15 heavy (non-hydrogen) atoms. The van der Waals surface area contributed by atoms with Crippen molar-refractivity contribution in [3.63, 3.8) is 0 Å². The van der Waals surface area contributed by atoms with Gasteiger partial charge in [-0.1, -0.05) is 6.92 Å². The van der Waals surface area contributed by atoms with Gasteiger partial charge in [0.15, 0.2) is 9.84 Å². The van der Waals surface area contributed by atoms with E-state index >= 15 is 0 Å². The SMILES string of the molecule is CNCC(C)CNC1(C)CCS(=O)(=O)C1. The lowest BCUT2D eigenvalue weighted by atomic mass is 10.0. The van der Waals surface area contributed by atoms with Crippen molar-refractivity contribution in [2.75, 3.05) is 31.6 Å². The minimum Gasteiger partial charge on any atom is -0.319 e. The number of nitrogens with one attached hydrogen (secondary N) is 2. The van der Waals surface area contributed by atoms with Crippen molar-refractivity contribution < 1.29 is 8.42 Å². The molecule has 0 radical (unpaired) electrons. The van der Waals surface area contributed by atoms with Gasteiger partial charge in [0.05, 0.1) is 11.5 Å². The molecule has 1 fully saturated rings. The van der Waals surface area contributed by atoms with E-state index in [-0.39, 0.29) is 11.3 Å². The fourth-order valence-electron chi connectivity index (χ4n) is 1.99. The molecule has 0 aromatic heterocycles. The quantitative estimate of drug-likeness (QED) is 0.703. The maximum Gasteiger partial charge on any atom is 0.152 e. The molecule has 2 unspecified atom stereocenters. The standard InChI is InChI=1S/C10H22N2O2S/c1-9(6-11-3)7-12-10(2)4-5-15(13,14)8-10/h9,11-12H,4-8H2,1-3H3. The molecule has 1 aliphatic heterocycles. The summed E-state index contributed by atoms with van der Waals surface area (Å²) in [5.74, 6) is 1.14. The largest absolute Gasteiger partial charge is 0.319 e. The molecule has 4 nitrogen and oxygen atoms in total. The van der Waals surface area contributed by atoms with Gasteiger partial charge in [0, 0.05) is 5.54 Å². The summed E-state index contributed by atoms with van der Waals surface area (Å²) in [6.07, 6.45) is 0.738. The molecule has 2 N–H and O–H groups in total. The Bertz CT molecular complexity index is 303. The second-order valence-electron chi connectivity index (χ2n) is 4.95. The summed E-state index contributed by atoms with van der Waals surface area (Å²) in [4.78, 5) is 0. The Balaban J connectivity index is 2.39. The smallest absolute Gasteiger partial charge is 0.152 e. The third-order valence-electron chi connectivity index (χ3n) is 2.93. The summed E-state index contributed by atoms with van der Waals surface area (Å²) < 4.78 is 22.7. The van der Waals surface area contributed by atoms with Crippen LogP contribution in [0.3, 0.4) is 0 Å². The molecular formula is C10H22N2O2S. The molecule has 0 aromatic carbocycles. The van der Waals surface area contributed by atoms with Gasteiger partial charge in [-0.15, -0.1) is 0 Å². The van der Waals surface area contributed by atoms with Crippen molar-refractivity contribution >= 4 is 9.84 Å². The first-order valence-electron chi connectivity index (χ1n) is 5.47. The monoisotopic (exact) mass is 234 g/mol. The maximum absolute atomic E-state index is 11.4. The first kappa shape index (κ1) is 12.9. The Kier molecular flexibility index (Phi) is 4.14. The molecule has 2 atom stereocenters. The van der Waals surface area contributed by atoms with Crippen molar-refractivity contribution in [1.29, 1.82) is 0 Å². The van der Waals surface area contributed by atoms with Gasteiger partial charge >= 0.3 is 0 Å². The molecule has 0 aromatic rings. The first-order chi connectivity index (χ1) is 6.87. The summed E-state index contributed by atoms with van der Waals surface area (Å²) in [5, 5.41) is 6.49. The van der Waals surface area contributed by atoms with Crippen LogP contribution < -0.4 is 10.6 Å². The molecule has 5 heteroatoms. The van der Waals surface area contributed by atoms with Crippen molar-refractivity contribution in [3.8, 4) is 0 Å². The van der Waals surface area contributed by atoms with Gasteiger partial charge in [0.2, 0.25) is 0 Å². The van der Waals surface area contributed by atoms with Crippen LogP contribution in [0.1, 0.15) is 20.3 Å². The molecule has 0 aliphatic carbocycles. The zero-order valence-electron chi connectivity index (χ0n) is 9.84. The molecule has 0 spiro atoms. The number of sulfone groups is 1. The summed E-state index contributed by atoms with van der Waals surface area (Å²) in [5.41, 5.74) is -0.208. The van der Waals surface area contributed by atoms with Crippen LogP contribution in [0.25, 0.3) is 0 Å². The van der Waals surface area contributed by atoms with Crippen LogP contribution in [0.2, 0.25) is 0 Å². The average Bonchev–Trinajstić information content (AvgIpc) is 2.39. The summed E-state index contributed by atoms with van der Waals surface area (Å²) in [6.45, 7) is 5.97. The minimum atomic E-state index is -2.79. The molecule has 1 saturated heterocycles. The Hall–Kier alpha value is -0.130. The summed E-state index contributed by atoms with van der Waals surface area (Å²) in [6, 6.07) is 0. The van der Waals surface area contributed by atoms with Gasteiger partial charge in [-0.25, -0.2) is 8.42 Å². The Morgan fingerprint density at radius 2 is 2.07 bits per heavy atom. The van der Waals surface area contributed by atoms with Crippen LogP contribution in [0, 0.1) is 5.92 Å². The lowest BCUT2D eigenvalue weighted by molar-refractivity contribution is 0.358. The van der Waals surface area contributed by atoms with E-state index in [4.69, 9.17) is 0 Å². The Morgan fingerprint density at radius 1 is 1.40 bits per heavy atom. The molecular weight excluding hydrogens is 212 g/mol. The third-order valence-corrected chi connectivity index (χ3v) is 4.84. The van der Waals surface area contributed by atoms with Gasteiger partial charge in [0.1, 0.15) is 0 Å². The molecule has 0 bridgehead atoms. The number of hydrogen-bond acceptors (Lipinski definition) is 4. The van der Waals surface area contributed by atoms with Crippen LogP contribution in [-0.2, 0) is 9.84 Å². The fraction of sp³-hybridized carbons (Fsp3) is 1.00. The van der Waals surface area contributed by atoms with Crippen molar-refractivity contribution in [3.05, 3.63) is 0 Å². The summed E-state index contributed by atoms with van der Waals surface area (Å²) >= 11 is 0. The van der Waals surface area contributed by atoms with E-state index in [2.05, 4.69) is 17.6 Å². The van der Waals surface area contributed by atoms with E-state index < -0.39 is 9.84 Å². The van der Waals surface area contributed by atoms with Crippen LogP contribution in [0.15, 0.2) is 0 Å². The van der Waals surface area contributed by atoms with Crippen LogP contribution >= 0.6 is 0 Å². The van der Waals surface area contributed by atoms with E-state index in [0.717, 1.165) is 19.5 Å². The normalized spacial score (nSPS) is 31.7. The van der Waals surface area contributed by atoms with E-state index in [1.54, 1.807) is 0 Å². The number of rotatable bonds is 5. The second-order valence-corrected chi connectivity index (χ2v) is 7.13. The van der Waals surface area contributed by atoms with E-state index in [1.807, 2.05) is 14.0 Å². The van der Waals surface area contributed by atoms with Gasteiger partial charge in [-0.05, 0) is 39.4 Å². The molecule has 1 aliphatic rings. The molecule has 1 heterocycles. The zero-order chi connectivity index (χ0) is 11.5. The van der Waals surface area contributed by atoms with Crippen LogP contribution in [0.4, 0.5) is 0 Å². The van der Waals surface area contributed by atoms with Crippen molar-refractivity contribution in [2.24, 2.45) is 5.92 Å². The highest BCUT2D eigenvalue weighted by atomic mass is 32.2. The zero-order valence-corrected chi connectivity index (χ0v) is 10.7. The molecule has 0 saturated carbocycles. The predicted molar refractivity (Wildman–Crippen MR) is 62.8 cm³/mol. The maximum atomic E-state index is 11.4. The lowest BCUT2D eigenvalue weighted by Gasteiger charge is -2.26. The topological polar surface area (TPSA) is 58.2 Å². The average molecular weight is 234 g/mol. The van der Waals surface area contributed by atoms with E-state index in [0.29, 0.717) is 11.7 Å². The van der Waals surface area contributed by atoms with Gasteiger partial charge in [0.25, 0.3) is 0 Å². The third kappa shape index (κ3) is 4.09. The highest BCUT2D eigenvalue weighted by molar-refractivity contribution is 7.91. The first-order valence-corrected chi connectivity index (χ1v) is 7.29. The highest BCUT2D eigenvalue weighted by Gasteiger charge is 2.37. The van der Waals surface area contributed by atoms with Gasteiger partial charge < -0.3 is 10.6 Å². The highest BCUT2D eigenvalue weighted by Crippen LogP contribution is 2.22. The molecule has 0 amide bonds. The Morgan fingerprint density at radius 3 is 2.53 bits per heavy atom. The van der Waals surface area contributed by atoms with E-state index in [1.165, 1.54) is 0 Å². The predicted octanol–water partition coefficient (Wildman–Crippen LogP) is 0.00870. The molecule has 1 rings (SSSR count). The minimum absolute atomic E-state index is 0.208. The van der Waals surface area contributed by atoms with E-state index in [9.17, 15) is 8.42 Å². The van der Waals surface area contributed by atoms with Crippen molar-refractivity contribution in [1.82, 2.24) is 10.6 Å². The van der Waals surface area contributed by atoms with Gasteiger partial charge in [-0.3, -0.25) is 0 Å². The second kappa shape index (κ2) is 4.80. The van der Waals surface area contributed by atoms with Gasteiger partial charge in [-0.2, -0.15) is 0 Å². The molecule has 90 valence electrons. The van der Waals surface area contributed by atoms with Crippen LogP contribution in [-0.4, -0.2) is 45.6 Å². The van der Waals surface area contributed by atoms with Crippen molar-refractivity contribution in [2.45, 2.75) is 25.8 Å².